The third kappa shape index (κ3) is 7.94. The standard InChI is InChI=1S/C18H15N5O.C17H14N6O.C15H11N5O/c24-18-14-5-2-1-4-13(14)11-22(18)16-6-3-7-17(20-16)23-15(10-19-21-23)12-8-9-12;24-16-13-4-2-1-3-11(13)9-22(16)17-18-8-7-14(20-17)15-21-19-10-23(15)12-5-6-12;21-15-12-5-2-1-4-11(12)10-19(15)13-6-3-7-14(17-13)20-9-8-16-18-20/h1-7,10,12H,8-9,11H2;1-4,7-8,10,12H,5-6,9H2;1-9H,10H2. The quantitative estimate of drug-likeness (QED) is 0.155. The summed E-state index contributed by atoms with van der Waals surface area (Å²) < 4.78 is 5.40. The van der Waals surface area contributed by atoms with Crippen LogP contribution in [0.3, 0.4) is 0 Å². The predicted molar refractivity (Wildman–Crippen MR) is 250 cm³/mol. The minimum atomic E-state index is -0.0635. The smallest absolute Gasteiger partial charge is 0.261 e. The van der Waals surface area contributed by atoms with Crippen molar-refractivity contribution in [3.8, 4) is 23.2 Å². The predicted octanol–water partition coefficient (Wildman–Crippen LogP) is 6.75. The lowest BCUT2D eigenvalue weighted by Crippen LogP contribution is -2.25. The van der Waals surface area contributed by atoms with Crippen molar-refractivity contribution in [1.82, 2.24) is 64.7 Å². The first-order valence-corrected chi connectivity index (χ1v) is 22.6. The maximum atomic E-state index is 12.6. The van der Waals surface area contributed by atoms with Crippen molar-refractivity contribution < 1.29 is 14.4 Å². The molecule has 2 saturated carbocycles. The number of hydrogen-bond donors (Lipinski definition) is 0. The molecule has 0 bridgehead atoms. The van der Waals surface area contributed by atoms with Crippen molar-refractivity contribution in [2.75, 3.05) is 14.7 Å². The highest BCUT2D eigenvalue weighted by Gasteiger charge is 2.33. The molecule has 5 aliphatic rings. The molecule has 6 aromatic heterocycles. The van der Waals surface area contributed by atoms with Gasteiger partial charge in [0.2, 0.25) is 5.95 Å². The molecule has 0 spiro atoms. The van der Waals surface area contributed by atoms with Crippen LogP contribution in [0.5, 0.6) is 0 Å². The fourth-order valence-corrected chi connectivity index (χ4v) is 8.72. The highest BCUT2D eigenvalue weighted by molar-refractivity contribution is 6.10. The van der Waals surface area contributed by atoms with Gasteiger partial charge in [-0.1, -0.05) is 77.2 Å². The van der Waals surface area contributed by atoms with E-state index in [1.807, 2.05) is 120 Å². The van der Waals surface area contributed by atoms with E-state index >= 15 is 0 Å². The summed E-state index contributed by atoms with van der Waals surface area (Å²) in [4.78, 5) is 60.7. The molecular formula is C50H40N16O3. The molecule has 2 fully saturated rings. The van der Waals surface area contributed by atoms with Gasteiger partial charge in [0.15, 0.2) is 17.5 Å². The van der Waals surface area contributed by atoms with Crippen LogP contribution in [0.4, 0.5) is 17.6 Å². The van der Waals surface area contributed by atoms with Crippen molar-refractivity contribution in [1.29, 1.82) is 0 Å². The van der Waals surface area contributed by atoms with Crippen molar-refractivity contribution in [3.63, 3.8) is 0 Å². The van der Waals surface area contributed by atoms with E-state index in [2.05, 4.69) is 50.8 Å². The normalized spacial score (nSPS) is 15.6. The summed E-state index contributed by atoms with van der Waals surface area (Å²) >= 11 is 0. The second-order valence-electron chi connectivity index (χ2n) is 17.1. The van der Waals surface area contributed by atoms with Crippen molar-refractivity contribution in [3.05, 3.63) is 185 Å². The number of nitrogens with zero attached hydrogens (tertiary/aromatic N) is 16. The Balaban J connectivity index is 0.000000107. The number of aromatic nitrogens is 13. The van der Waals surface area contributed by atoms with Gasteiger partial charge in [-0.05, 0) is 90.9 Å². The summed E-state index contributed by atoms with van der Waals surface area (Å²) in [6.45, 7) is 1.59. The maximum Gasteiger partial charge on any atom is 0.261 e. The van der Waals surface area contributed by atoms with Gasteiger partial charge in [-0.25, -0.2) is 24.6 Å². The first kappa shape index (κ1) is 41.3. The van der Waals surface area contributed by atoms with E-state index in [9.17, 15) is 14.4 Å². The Bertz CT molecular complexity index is 3260. The van der Waals surface area contributed by atoms with Gasteiger partial charge in [0.05, 0.1) is 43.9 Å². The number of pyridine rings is 2. The Morgan fingerprint density at radius 1 is 0.507 bits per heavy atom. The first-order valence-electron chi connectivity index (χ1n) is 22.6. The zero-order valence-corrected chi connectivity index (χ0v) is 36.8. The van der Waals surface area contributed by atoms with Crippen LogP contribution in [-0.2, 0) is 19.6 Å². The first-order chi connectivity index (χ1) is 33.9. The minimum Gasteiger partial charge on any atom is -0.309 e. The summed E-state index contributed by atoms with van der Waals surface area (Å²) in [5.41, 5.74) is 7.05. The Kier molecular flexibility index (Phi) is 10.3. The molecule has 69 heavy (non-hydrogen) atoms. The molecule has 0 atom stereocenters. The number of carbonyl (C=O) groups excluding carboxylic acids is 3. The molecule has 19 nitrogen and oxygen atoms in total. The molecule has 3 amide bonds. The SMILES string of the molecule is O=C1c2ccccc2CN1c1cccc(-n2ccnn2)n1.O=C1c2ccccc2CN1c1cccc(-n2nncc2C2CC2)n1.O=C1c2ccccc2CN1c1nccc(-c2nncn2C2CC2)n1. The molecule has 2 aliphatic carbocycles. The Morgan fingerprint density at radius 2 is 1.09 bits per heavy atom. The molecule has 19 heteroatoms. The van der Waals surface area contributed by atoms with Crippen LogP contribution in [0.2, 0.25) is 0 Å². The topological polar surface area (TPSA) is 205 Å². The van der Waals surface area contributed by atoms with Crippen LogP contribution in [0.1, 0.15) is 91.1 Å². The number of anilines is 3. The van der Waals surface area contributed by atoms with E-state index < -0.39 is 0 Å². The number of rotatable bonds is 8. The Morgan fingerprint density at radius 3 is 1.68 bits per heavy atom. The Hall–Kier alpha value is -9.13. The van der Waals surface area contributed by atoms with E-state index in [-0.39, 0.29) is 17.7 Å². The van der Waals surface area contributed by atoms with Crippen LogP contribution >= 0.6 is 0 Å². The molecule has 0 unspecified atom stereocenters. The lowest BCUT2D eigenvalue weighted by molar-refractivity contribution is 0.0987. The second kappa shape index (κ2) is 17.3. The molecule has 3 aromatic carbocycles. The van der Waals surface area contributed by atoms with E-state index in [0.717, 1.165) is 52.2 Å². The summed E-state index contributed by atoms with van der Waals surface area (Å²) in [7, 11) is 0. The molecule has 338 valence electrons. The zero-order chi connectivity index (χ0) is 46.4. The van der Waals surface area contributed by atoms with Crippen LogP contribution in [-0.4, -0.2) is 82.4 Å². The van der Waals surface area contributed by atoms with E-state index in [1.54, 1.807) is 55.0 Å². The van der Waals surface area contributed by atoms with Crippen LogP contribution < -0.4 is 14.7 Å². The highest BCUT2D eigenvalue weighted by atomic mass is 16.2. The summed E-state index contributed by atoms with van der Waals surface area (Å²) in [6, 6.07) is 36.4. The number of hydrogen-bond acceptors (Lipinski definition) is 13. The van der Waals surface area contributed by atoms with Gasteiger partial charge in [0, 0.05) is 34.8 Å². The van der Waals surface area contributed by atoms with Crippen LogP contribution in [0.15, 0.2) is 146 Å². The number of carbonyl (C=O) groups is 3. The van der Waals surface area contributed by atoms with Crippen LogP contribution in [0, 0.1) is 0 Å². The number of benzene rings is 3. The lowest BCUT2D eigenvalue weighted by atomic mass is 10.1. The summed E-state index contributed by atoms with van der Waals surface area (Å²) in [5.74, 6) is 4.17. The van der Waals surface area contributed by atoms with Crippen molar-refractivity contribution in [2.24, 2.45) is 0 Å². The van der Waals surface area contributed by atoms with Crippen molar-refractivity contribution >= 4 is 35.3 Å². The van der Waals surface area contributed by atoms with Crippen LogP contribution in [0.25, 0.3) is 23.2 Å². The zero-order valence-electron chi connectivity index (χ0n) is 36.8. The molecule has 9 heterocycles. The molecule has 0 N–H and O–H groups in total. The second-order valence-corrected chi connectivity index (χ2v) is 17.1. The molecule has 0 saturated heterocycles. The maximum absolute atomic E-state index is 12.6. The van der Waals surface area contributed by atoms with Gasteiger partial charge in [0.25, 0.3) is 17.7 Å². The molecule has 0 radical (unpaired) electrons. The fraction of sp³-hybridized carbons (Fsp3) is 0.180. The number of fused-ring (bicyclic) bond motifs is 3. The third-order valence-corrected chi connectivity index (χ3v) is 12.5. The van der Waals surface area contributed by atoms with Gasteiger partial charge < -0.3 is 4.57 Å². The molecular weight excluding hydrogens is 873 g/mol. The highest BCUT2D eigenvalue weighted by Crippen LogP contribution is 2.40. The monoisotopic (exact) mass is 912 g/mol. The third-order valence-electron chi connectivity index (χ3n) is 12.5. The fourth-order valence-electron chi connectivity index (χ4n) is 8.72. The summed E-state index contributed by atoms with van der Waals surface area (Å²) in [5, 5.41) is 24.1. The molecule has 9 aromatic rings. The van der Waals surface area contributed by atoms with Gasteiger partial charge in [-0.2, -0.15) is 4.68 Å². The number of amides is 3. The molecule has 14 rings (SSSR count). The van der Waals surface area contributed by atoms with Gasteiger partial charge in [0.1, 0.15) is 23.7 Å². The van der Waals surface area contributed by atoms with E-state index in [1.165, 1.54) is 12.8 Å². The van der Waals surface area contributed by atoms with Crippen molar-refractivity contribution in [2.45, 2.75) is 57.3 Å². The lowest BCUT2D eigenvalue weighted by Gasteiger charge is -2.15. The minimum absolute atomic E-state index is 0.00347. The Labute approximate surface area is 393 Å². The van der Waals surface area contributed by atoms with E-state index in [4.69, 9.17) is 0 Å². The average Bonchev–Trinajstić information content (AvgIpc) is 3.96. The average molecular weight is 913 g/mol. The summed E-state index contributed by atoms with van der Waals surface area (Å²) in [6.07, 6.45) is 13.2. The van der Waals surface area contributed by atoms with Gasteiger partial charge in [-0.15, -0.1) is 20.4 Å². The molecule has 3 aliphatic heterocycles. The van der Waals surface area contributed by atoms with Gasteiger partial charge >= 0.3 is 0 Å². The van der Waals surface area contributed by atoms with E-state index in [0.29, 0.717) is 72.1 Å². The largest absolute Gasteiger partial charge is 0.309 e. The van der Waals surface area contributed by atoms with Gasteiger partial charge in [-0.3, -0.25) is 29.1 Å².